The summed E-state index contributed by atoms with van der Waals surface area (Å²) in [5.41, 5.74) is 3.10. The van der Waals surface area contributed by atoms with Crippen LogP contribution in [-0.4, -0.2) is 20.7 Å². The van der Waals surface area contributed by atoms with E-state index in [0.29, 0.717) is 22.2 Å². The van der Waals surface area contributed by atoms with Gasteiger partial charge in [0.05, 0.1) is 28.8 Å². The Hall–Kier alpha value is -3.20. The predicted octanol–water partition coefficient (Wildman–Crippen LogP) is 3.07. The number of nitrogens with zero attached hydrogens (tertiary/aromatic N) is 4. The first kappa shape index (κ1) is 15.7. The molecule has 0 bridgehead atoms. The van der Waals surface area contributed by atoms with Crippen molar-refractivity contribution in [3.63, 3.8) is 0 Å². The predicted molar refractivity (Wildman–Crippen MR) is 88.2 cm³/mol. The van der Waals surface area contributed by atoms with Gasteiger partial charge in [0.1, 0.15) is 6.10 Å². The zero-order valence-corrected chi connectivity index (χ0v) is 13.6. The third-order valence-corrected chi connectivity index (χ3v) is 3.82. The molecule has 1 unspecified atom stereocenters. The lowest BCUT2D eigenvalue weighted by Gasteiger charge is -2.14. The van der Waals surface area contributed by atoms with Crippen molar-refractivity contribution in [3.8, 4) is 6.07 Å². The molecular formula is C18H16N4O2. The van der Waals surface area contributed by atoms with Gasteiger partial charge in [-0.2, -0.15) is 10.4 Å². The van der Waals surface area contributed by atoms with Crippen LogP contribution in [-0.2, 0) is 11.8 Å². The Kier molecular flexibility index (Phi) is 4.00. The Morgan fingerprint density at radius 3 is 2.92 bits per heavy atom. The largest absolute Gasteiger partial charge is 0.454 e. The first-order valence-electron chi connectivity index (χ1n) is 7.50. The Morgan fingerprint density at radius 2 is 2.17 bits per heavy atom. The van der Waals surface area contributed by atoms with Crippen LogP contribution in [0.3, 0.4) is 0 Å². The minimum atomic E-state index is -0.467. The third-order valence-electron chi connectivity index (χ3n) is 3.82. The van der Waals surface area contributed by atoms with Gasteiger partial charge in [0.2, 0.25) is 0 Å². The minimum Gasteiger partial charge on any atom is -0.454 e. The van der Waals surface area contributed by atoms with E-state index in [-0.39, 0.29) is 0 Å². The highest BCUT2D eigenvalue weighted by Gasteiger charge is 2.19. The van der Waals surface area contributed by atoms with Gasteiger partial charge in [-0.05, 0) is 37.6 Å². The summed E-state index contributed by atoms with van der Waals surface area (Å²) in [6, 6.07) is 10.8. The number of carbonyl (C=O) groups excluding carboxylic acids is 1. The molecule has 2 heterocycles. The number of ether oxygens (including phenoxy) is 1. The van der Waals surface area contributed by atoms with Gasteiger partial charge in [0.25, 0.3) is 0 Å². The molecule has 3 rings (SSSR count). The van der Waals surface area contributed by atoms with E-state index >= 15 is 0 Å². The summed E-state index contributed by atoms with van der Waals surface area (Å²) in [6.07, 6.45) is 1.14. The Morgan fingerprint density at radius 1 is 1.38 bits per heavy atom. The quantitative estimate of drug-likeness (QED) is 0.693. The van der Waals surface area contributed by atoms with Crippen LogP contribution in [0.2, 0.25) is 0 Å². The molecule has 0 radical (unpaired) electrons. The van der Waals surface area contributed by atoms with Crippen LogP contribution >= 0.6 is 0 Å². The number of nitriles is 1. The Bertz CT molecular complexity index is 969. The first-order valence-corrected chi connectivity index (χ1v) is 7.50. The zero-order chi connectivity index (χ0) is 17.3. The number of aromatic nitrogens is 3. The lowest BCUT2D eigenvalue weighted by Crippen LogP contribution is -2.10. The SMILES string of the molecule is Cc1cc(C(=O)OC(C)c2cccc(C#N)c2)c2cnn(C)c2n1. The number of rotatable bonds is 3. The van der Waals surface area contributed by atoms with Gasteiger partial charge in [0, 0.05) is 12.7 Å². The number of hydrogen-bond donors (Lipinski definition) is 0. The van der Waals surface area contributed by atoms with Crippen molar-refractivity contribution in [2.75, 3.05) is 0 Å². The van der Waals surface area contributed by atoms with Gasteiger partial charge in [0.15, 0.2) is 5.65 Å². The van der Waals surface area contributed by atoms with Crippen molar-refractivity contribution in [1.29, 1.82) is 5.26 Å². The fraction of sp³-hybridized carbons (Fsp3) is 0.222. The fourth-order valence-corrected chi connectivity index (χ4v) is 2.56. The van der Waals surface area contributed by atoms with Crippen LogP contribution in [0.4, 0.5) is 0 Å². The average molecular weight is 320 g/mol. The summed E-state index contributed by atoms with van der Waals surface area (Å²) in [5.74, 6) is -0.437. The fourth-order valence-electron chi connectivity index (χ4n) is 2.56. The molecule has 0 saturated heterocycles. The lowest BCUT2D eigenvalue weighted by atomic mass is 10.1. The number of carbonyl (C=O) groups is 1. The van der Waals surface area contributed by atoms with Crippen molar-refractivity contribution in [1.82, 2.24) is 14.8 Å². The maximum Gasteiger partial charge on any atom is 0.339 e. The maximum absolute atomic E-state index is 12.6. The summed E-state index contributed by atoms with van der Waals surface area (Å²) in [6.45, 7) is 3.60. The second-order valence-corrected chi connectivity index (χ2v) is 5.60. The van der Waals surface area contributed by atoms with Gasteiger partial charge in [-0.3, -0.25) is 4.68 Å². The number of fused-ring (bicyclic) bond motifs is 1. The molecule has 0 saturated carbocycles. The van der Waals surface area contributed by atoms with E-state index in [1.165, 1.54) is 0 Å². The van der Waals surface area contributed by atoms with Crippen LogP contribution in [0, 0.1) is 18.3 Å². The molecule has 0 N–H and O–H groups in total. The van der Waals surface area contributed by atoms with E-state index in [2.05, 4.69) is 16.2 Å². The smallest absolute Gasteiger partial charge is 0.339 e. The molecule has 1 aromatic carbocycles. The Labute approximate surface area is 139 Å². The number of benzene rings is 1. The van der Waals surface area contributed by atoms with Crippen LogP contribution in [0.1, 0.15) is 40.2 Å². The van der Waals surface area contributed by atoms with Gasteiger partial charge in [-0.15, -0.1) is 0 Å². The summed E-state index contributed by atoms with van der Waals surface area (Å²) in [5, 5.41) is 13.8. The van der Waals surface area contributed by atoms with E-state index in [0.717, 1.165) is 11.3 Å². The highest BCUT2D eigenvalue weighted by molar-refractivity contribution is 6.02. The number of esters is 1. The lowest BCUT2D eigenvalue weighted by molar-refractivity contribution is 0.0340. The first-order chi connectivity index (χ1) is 11.5. The topological polar surface area (TPSA) is 80.8 Å². The minimum absolute atomic E-state index is 0.437. The summed E-state index contributed by atoms with van der Waals surface area (Å²) in [7, 11) is 1.78. The van der Waals surface area contributed by atoms with Gasteiger partial charge >= 0.3 is 5.97 Å². The Balaban J connectivity index is 1.91. The highest BCUT2D eigenvalue weighted by Crippen LogP contribution is 2.23. The molecule has 6 nitrogen and oxygen atoms in total. The van der Waals surface area contributed by atoms with E-state index in [4.69, 9.17) is 10.00 Å². The van der Waals surface area contributed by atoms with E-state index in [9.17, 15) is 4.79 Å². The number of hydrogen-bond acceptors (Lipinski definition) is 5. The van der Waals surface area contributed by atoms with Crippen LogP contribution < -0.4 is 0 Å². The molecule has 0 spiro atoms. The molecule has 0 fully saturated rings. The monoisotopic (exact) mass is 320 g/mol. The molecule has 1 atom stereocenters. The summed E-state index contributed by atoms with van der Waals surface area (Å²) in [4.78, 5) is 17.0. The van der Waals surface area contributed by atoms with Crippen molar-refractivity contribution < 1.29 is 9.53 Å². The normalized spacial score (nSPS) is 11.9. The summed E-state index contributed by atoms with van der Waals surface area (Å²) >= 11 is 0. The highest BCUT2D eigenvalue weighted by atomic mass is 16.5. The second kappa shape index (κ2) is 6.13. The van der Waals surface area contributed by atoms with Crippen LogP contribution in [0.5, 0.6) is 0 Å². The van der Waals surface area contributed by atoms with Crippen molar-refractivity contribution in [3.05, 3.63) is 58.9 Å². The molecule has 6 heteroatoms. The maximum atomic E-state index is 12.6. The molecular weight excluding hydrogens is 304 g/mol. The van der Waals surface area contributed by atoms with E-state index in [1.807, 2.05) is 13.0 Å². The number of pyridine rings is 1. The van der Waals surface area contributed by atoms with Gasteiger partial charge in [-0.1, -0.05) is 12.1 Å². The molecule has 0 amide bonds. The zero-order valence-electron chi connectivity index (χ0n) is 13.6. The van der Waals surface area contributed by atoms with Crippen LogP contribution in [0.15, 0.2) is 36.5 Å². The van der Waals surface area contributed by atoms with Crippen molar-refractivity contribution in [2.24, 2.45) is 7.05 Å². The standard InChI is InChI=1S/C18H16N4O2/c1-11-7-15(16-10-20-22(3)17(16)21-11)18(23)24-12(2)14-6-4-5-13(8-14)9-19/h4-8,10,12H,1-3H3. The van der Waals surface area contributed by atoms with Gasteiger partial charge < -0.3 is 4.74 Å². The molecule has 24 heavy (non-hydrogen) atoms. The average Bonchev–Trinajstić information content (AvgIpc) is 2.95. The second-order valence-electron chi connectivity index (χ2n) is 5.60. The van der Waals surface area contributed by atoms with E-state index < -0.39 is 12.1 Å². The van der Waals surface area contributed by atoms with Crippen LogP contribution in [0.25, 0.3) is 11.0 Å². The molecule has 2 aromatic heterocycles. The van der Waals surface area contributed by atoms with Crippen molar-refractivity contribution >= 4 is 17.0 Å². The summed E-state index contributed by atoms with van der Waals surface area (Å²) < 4.78 is 7.21. The molecule has 0 aliphatic heterocycles. The molecule has 0 aliphatic carbocycles. The molecule has 0 aliphatic rings. The third kappa shape index (κ3) is 2.84. The number of aryl methyl sites for hydroxylation is 2. The molecule has 120 valence electrons. The van der Waals surface area contributed by atoms with E-state index in [1.54, 1.807) is 49.1 Å². The molecule has 3 aromatic rings. The van der Waals surface area contributed by atoms with Crippen molar-refractivity contribution in [2.45, 2.75) is 20.0 Å². The van der Waals surface area contributed by atoms with Gasteiger partial charge in [-0.25, -0.2) is 9.78 Å².